The van der Waals surface area contributed by atoms with Gasteiger partial charge in [-0.2, -0.15) is 0 Å². The van der Waals surface area contributed by atoms with Crippen molar-refractivity contribution < 1.29 is 13.7 Å². The molecule has 0 spiro atoms. The minimum atomic E-state index is -0.147. The molecular formula is C18H25N3O3. The van der Waals surface area contributed by atoms with Crippen molar-refractivity contribution in [2.24, 2.45) is 11.3 Å². The van der Waals surface area contributed by atoms with E-state index in [0.29, 0.717) is 11.7 Å². The van der Waals surface area contributed by atoms with Crippen LogP contribution in [-0.4, -0.2) is 36.1 Å². The van der Waals surface area contributed by atoms with Crippen LogP contribution in [0, 0.1) is 11.3 Å². The Bertz CT molecular complexity index is 688. The van der Waals surface area contributed by atoms with Gasteiger partial charge in [0, 0.05) is 12.1 Å². The number of carbonyl (C=O) groups excluding carboxylic acids is 1. The number of furan rings is 1. The summed E-state index contributed by atoms with van der Waals surface area (Å²) in [6, 6.07) is 5.58. The van der Waals surface area contributed by atoms with Crippen molar-refractivity contribution >= 4 is 5.91 Å². The second-order valence-corrected chi connectivity index (χ2v) is 7.48. The van der Waals surface area contributed by atoms with Crippen molar-refractivity contribution in [2.45, 2.75) is 39.3 Å². The van der Waals surface area contributed by atoms with Crippen molar-refractivity contribution in [3.05, 3.63) is 41.7 Å². The Labute approximate surface area is 142 Å². The molecule has 0 saturated heterocycles. The van der Waals surface area contributed by atoms with Crippen molar-refractivity contribution in [2.75, 3.05) is 14.1 Å². The first-order valence-corrected chi connectivity index (χ1v) is 8.30. The van der Waals surface area contributed by atoms with Gasteiger partial charge in [0.1, 0.15) is 0 Å². The predicted octanol–water partition coefficient (Wildman–Crippen LogP) is 2.72. The van der Waals surface area contributed by atoms with Crippen LogP contribution < -0.4 is 5.32 Å². The zero-order valence-corrected chi connectivity index (χ0v) is 14.7. The first-order valence-electron chi connectivity index (χ1n) is 8.30. The number of carbonyl (C=O) groups is 1. The van der Waals surface area contributed by atoms with Crippen molar-refractivity contribution in [1.82, 2.24) is 15.4 Å². The van der Waals surface area contributed by atoms with Crippen LogP contribution in [0.4, 0.5) is 0 Å². The van der Waals surface area contributed by atoms with Gasteiger partial charge in [-0.05, 0) is 50.4 Å². The van der Waals surface area contributed by atoms with E-state index in [1.165, 1.54) is 6.26 Å². The number of rotatable bonds is 6. The minimum Gasteiger partial charge on any atom is -0.459 e. The summed E-state index contributed by atoms with van der Waals surface area (Å²) in [4.78, 5) is 14.2. The second-order valence-electron chi connectivity index (χ2n) is 7.48. The summed E-state index contributed by atoms with van der Waals surface area (Å²) in [6.45, 7) is 5.13. The van der Waals surface area contributed by atoms with Crippen molar-refractivity contribution in [3.8, 4) is 0 Å². The van der Waals surface area contributed by atoms with Gasteiger partial charge in [-0.25, -0.2) is 0 Å². The molecule has 0 unspecified atom stereocenters. The Hall–Kier alpha value is -2.08. The quantitative estimate of drug-likeness (QED) is 0.881. The number of nitrogens with zero attached hydrogens (tertiary/aromatic N) is 2. The summed E-state index contributed by atoms with van der Waals surface area (Å²) < 4.78 is 10.5. The van der Waals surface area contributed by atoms with Gasteiger partial charge in [0.15, 0.2) is 11.5 Å². The maximum Gasteiger partial charge on any atom is 0.287 e. The highest BCUT2D eigenvalue weighted by Crippen LogP contribution is 2.47. The second kappa shape index (κ2) is 6.43. The highest BCUT2D eigenvalue weighted by Gasteiger charge is 2.48. The Balaban J connectivity index is 1.56. The van der Waals surface area contributed by atoms with Crippen LogP contribution in [-0.2, 0) is 13.0 Å². The molecule has 1 amide bonds. The summed E-state index contributed by atoms with van der Waals surface area (Å²) in [5.41, 5.74) is 1.00. The number of aromatic nitrogens is 1. The van der Waals surface area contributed by atoms with Crippen molar-refractivity contribution in [3.63, 3.8) is 0 Å². The van der Waals surface area contributed by atoms with E-state index in [1.807, 2.05) is 20.2 Å². The van der Waals surface area contributed by atoms with Gasteiger partial charge < -0.3 is 19.2 Å². The fourth-order valence-corrected chi connectivity index (χ4v) is 3.34. The van der Waals surface area contributed by atoms with E-state index in [1.54, 1.807) is 12.1 Å². The SMILES string of the molecule is CN(C)Cc1cc(C[C@@H]2C[C@H](NC(=O)c3ccco3)C2(C)C)no1. The molecule has 1 aliphatic rings. The standard InChI is InChI=1S/C18H25N3O3/c1-18(2)12(8-13-10-14(24-20-13)11-21(3)4)9-16(18)19-17(22)15-6-5-7-23-15/h5-7,10,12,16H,8-9,11H2,1-4H3,(H,19,22)/t12-,16+/m1/s1. The van der Waals surface area contributed by atoms with Crippen LogP contribution in [0.25, 0.3) is 0 Å². The lowest BCUT2D eigenvalue weighted by molar-refractivity contribution is 0.0131. The molecule has 0 radical (unpaired) electrons. The van der Waals surface area contributed by atoms with E-state index in [-0.39, 0.29) is 17.4 Å². The van der Waals surface area contributed by atoms with E-state index in [0.717, 1.165) is 30.8 Å². The molecule has 6 nitrogen and oxygen atoms in total. The van der Waals surface area contributed by atoms with E-state index >= 15 is 0 Å². The maximum absolute atomic E-state index is 12.1. The molecule has 0 aromatic carbocycles. The van der Waals surface area contributed by atoms with Gasteiger partial charge in [0.25, 0.3) is 5.91 Å². The Kier molecular flexibility index (Phi) is 4.49. The van der Waals surface area contributed by atoms with Gasteiger partial charge in [-0.3, -0.25) is 4.79 Å². The molecular weight excluding hydrogens is 306 g/mol. The average Bonchev–Trinajstić information content (AvgIpc) is 3.17. The largest absolute Gasteiger partial charge is 0.459 e. The van der Waals surface area contributed by atoms with Gasteiger partial charge in [0.2, 0.25) is 0 Å². The summed E-state index contributed by atoms with van der Waals surface area (Å²) in [7, 11) is 4.01. The molecule has 2 atom stereocenters. The number of hydrogen-bond acceptors (Lipinski definition) is 5. The number of hydrogen-bond donors (Lipinski definition) is 1. The molecule has 1 aliphatic carbocycles. The molecule has 1 N–H and O–H groups in total. The molecule has 2 aromatic rings. The minimum absolute atomic E-state index is 0.0168. The van der Waals surface area contributed by atoms with Crippen LogP contribution in [0.2, 0.25) is 0 Å². The summed E-state index contributed by atoms with van der Waals surface area (Å²) in [6.07, 6.45) is 3.33. The molecule has 2 heterocycles. The molecule has 0 aliphatic heterocycles. The lowest BCUT2D eigenvalue weighted by Gasteiger charge is -2.52. The zero-order valence-electron chi connectivity index (χ0n) is 14.7. The van der Waals surface area contributed by atoms with Gasteiger partial charge in [-0.1, -0.05) is 19.0 Å². The summed E-state index contributed by atoms with van der Waals surface area (Å²) in [5, 5.41) is 7.25. The number of amides is 1. The highest BCUT2D eigenvalue weighted by atomic mass is 16.5. The predicted molar refractivity (Wildman–Crippen MR) is 89.4 cm³/mol. The van der Waals surface area contributed by atoms with Gasteiger partial charge >= 0.3 is 0 Å². The Morgan fingerprint density at radius 2 is 2.25 bits per heavy atom. The normalized spacial score (nSPS) is 22.4. The van der Waals surface area contributed by atoms with Crippen LogP contribution in [0.5, 0.6) is 0 Å². The third-order valence-corrected chi connectivity index (χ3v) is 5.06. The lowest BCUT2D eigenvalue weighted by Crippen LogP contribution is -2.58. The molecule has 2 aromatic heterocycles. The first-order chi connectivity index (χ1) is 11.4. The molecule has 130 valence electrons. The molecule has 6 heteroatoms. The third-order valence-electron chi connectivity index (χ3n) is 5.06. The zero-order chi connectivity index (χ0) is 17.3. The Morgan fingerprint density at radius 1 is 1.46 bits per heavy atom. The molecule has 3 rings (SSSR count). The van der Waals surface area contributed by atoms with Gasteiger partial charge in [0.05, 0.1) is 18.5 Å². The van der Waals surface area contributed by atoms with E-state index in [4.69, 9.17) is 8.94 Å². The van der Waals surface area contributed by atoms with E-state index in [9.17, 15) is 4.79 Å². The highest BCUT2D eigenvalue weighted by molar-refractivity contribution is 5.91. The van der Waals surface area contributed by atoms with Crippen LogP contribution in [0.3, 0.4) is 0 Å². The van der Waals surface area contributed by atoms with Crippen molar-refractivity contribution in [1.29, 1.82) is 0 Å². The van der Waals surface area contributed by atoms with Gasteiger partial charge in [-0.15, -0.1) is 0 Å². The number of nitrogens with one attached hydrogen (secondary N) is 1. The molecule has 1 saturated carbocycles. The van der Waals surface area contributed by atoms with Crippen LogP contribution >= 0.6 is 0 Å². The first kappa shape index (κ1) is 16.8. The average molecular weight is 331 g/mol. The van der Waals surface area contributed by atoms with Crippen LogP contribution in [0.1, 0.15) is 42.3 Å². The third kappa shape index (κ3) is 3.38. The van der Waals surface area contributed by atoms with Crippen LogP contribution in [0.15, 0.2) is 33.4 Å². The molecule has 24 heavy (non-hydrogen) atoms. The maximum atomic E-state index is 12.1. The topological polar surface area (TPSA) is 71.5 Å². The summed E-state index contributed by atoms with van der Waals surface area (Å²) >= 11 is 0. The fraction of sp³-hybridized carbons (Fsp3) is 0.556. The summed E-state index contributed by atoms with van der Waals surface area (Å²) in [5.74, 6) is 1.57. The molecule has 0 bridgehead atoms. The van der Waals surface area contributed by atoms with E-state index in [2.05, 4.69) is 29.2 Å². The van der Waals surface area contributed by atoms with E-state index < -0.39 is 0 Å². The smallest absolute Gasteiger partial charge is 0.287 e. The fourth-order valence-electron chi connectivity index (χ4n) is 3.34. The Morgan fingerprint density at radius 3 is 2.88 bits per heavy atom. The monoisotopic (exact) mass is 331 g/mol. The lowest BCUT2D eigenvalue weighted by atomic mass is 9.57. The molecule has 1 fully saturated rings.